The molecule has 1 aromatic rings. The zero-order valence-electron chi connectivity index (χ0n) is 22.6. The Morgan fingerprint density at radius 2 is 1.86 bits per heavy atom. The lowest BCUT2D eigenvalue weighted by molar-refractivity contribution is 0.0237. The van der Waals surface area contributed by atoms with Crippen molar-refractivity contribution < 1.29 is 14.3 Å². The van der Waals surface area contributed by atoms with Crippen LogP contribution in [0, 0.1) is 0 Å². The molecule has 3 heterocycles. The summed E-state index contributed by atoms with van der Waals surface area (Å²) in [6, 6.07) is 8.22. The van der Waals surface area contributed by atoms with Crippen LogP contribution < -0.4 is 15.4 Å². The summed E-state index contributed by atoms with van der Waals surface area (Å²) >= 11 is 0. The fourth-order valence-corrected chi connectivity index (χ4v) is 5.21. The lowest BCUT2D eigenvalue weighted by Gasteiger charge is -2.34. The number of likely N-dealkylation sites (tertiary alicyclic amines) is 2. The van der Waals surface area contributed by atoms with Crippen molar-refractivity contribution in [1.82, 2.24) is 25.3 Å². The molecule has 2 N–H and O–H groups in total. The molecule has 3 aliphatic heterocycles. The van der Waals surface area contributed by atoms with E-state index in [1.165, 1.54) is 50.0 Å². The topological polar surface area (TPSA) is 69.3 Å². The van der Waals surface area contributed by atoms with E-state index >= 15 is 0 Å². The minimum Gasteiger partial charge on any atom is -0.492 e. The Kier molecular flexibility index (Phi) is 9.14. The van der Waals surface area contributed by atoms with Crippen LogP contribution in [-0.2, 0) is 4.74 Å². The van der Waals surface area contributed by atoms with E-state index in [4.69, 9.17) is 9.47 Å². The van der Waals surface area contributed by atoms with Crippen molar-refractivity contribution >= 4 is 6.09 Å². The second kappa shape index (κ2) is 12.3. The predicted molar refractivity (Wildman–Crippen MR) is 143 cm³/mol. The van der Waals surface area contributed by atoms with Crippen molar-refractivity contribution in [2.45, 2.75) is 71.3 Å². The smallest absolute Gasteiger partial charge is 0.410 e. The highest BCUT2D eigenvalue weighted by Gasteiger charge is 2.33. The maximum Gasteiger partial charge on any atom is 0.410 e. The fraction of sp³-hybridized carbons (Fsp3) is 0.679. The summed E-state index contributed by atoms with van der Waals surface area (Å²) in [6.45, 7) is 15.1. The largest absolute Gasteiger partial charge is 0.492 e. The second-order valence-corrected chi connectivity index (χ2v) is 11.1. The molecule has 2 fully saturated rings. The third kappa shape index (κ3) is 7.37. The molecule has 2 saturated heterocycles. The number of carbonyl (C=O) groups is 1. The monoisotopic (exact) mass is 499 g/mol. The van der Waals surface area contributed by atoms with Gasteiger partial charge in [0.25, 0.3) is 0 Å². The highest BCUT2D eigenvalue weighted by atomic mass is 16.6. The van der Waals surface area contributed by atoms with Crippen LogP contribution in [0.25, 0.3) is 0 Å². The Labute approximate surface area is 217 Å². The highest BCUT2D eigenvalue weighted by molar-refractivity contribution is 5.68. The van der Waals surface area contributed by atoms with E-state index < -0.39 is 5.60 Å². The van der Waals surface area contributed by atoms with Gasteiger partial charge in [-0.1, -0.05) is 12.1 Å². The first kappa shape index (κ1) is 26.8. The summed E-state index contributed by atoms with van der Waals surface area (Å²) < 4.78 is 11.4. The minimum absolute atomic E-state index is 0.0785. The van der Waals surface area contributed by atoms with Gasteiger partial charge in [-0.2, -0.15) is 0 Å². The molecule has 0 aliphatic carbocycles. The molecule has 4 rings (SSSR count). The molecule has 2 atom stereocenters. The zero-order valence-corrected chi connectivity index (χ0v) is 22.6. The van der Waals surface area contributed by atoms with Gasteiger partial charge in [0, 0.05) is 25.8 Å². The molecule has 36 heavy (non-hydrogen) atoms. The third-order valence-corrected chi connectivity index (χ3v) is 7.16. The Hall–Kier alpha value is -2.29. The zero-order chi connectivity index (χ0) is 25.5. The molecule has 0 bridgehead atoms. The van der Waals surface area contributed by atoms with E-state index in [1.807, 2.05) is 39.8 Å². The molecule has 8 nitrogen and oxygen atoms in total. The lowest BCUT2D eigenvalue weighted by Crippen LogP contribution is -2.50. The molecule has 8 heteroatoms. The quantitative estimate of drug-likeness (QED) is 0.506. The number of nitrogens with zero attached hydrogens (tertiary/aromatic N) is 3. The lowest BCUT2D eigenvalue weighted by atomic mass is 10.1. The van der Waals surface area contributed by atoms with Crippen LogP contribution in [-0.4, -0.2) is 85.0 Å². The summed E-state index contributed by atoms with van der Waals surface area (Å²) in [6.07, 6.45) is 7.40. The minimum atomic E-state index is -0.499. The summed E-state index contributed by atoms with van der Waals surface area (Å²) in [5.41, 5.74) is 2.14. The van der Waals surface area contributed by atoms with Crippen LogP contribution in [0.4, 0.5) is 4.79 Å². The Morgan fingerprint density at radius 3 is 2.56 bits per heavy atom. The number of carbonyl (C=O) groups excluding carboxylic acids is 1. The molecule has 3 aliphatic rings. The van der Waals surface area contributed by atoms with Crippen molar-refractivity contribution in [3.8, 4) is 5.75 Å². The summed E-state index contributed by atoms with van der Waals surface area (Å²) in [5.74, 6) is 0.801. The van der Waals surface area contributed by atoms with Crippen molar-refractivity contribution in [2.75, 3.05) is 52.4 Å². The van der Waals surface area contributed by atoms with Gasteiger partial charge < -0.3 is 24.6 Å². The van der Waals surface area contributed by atoms with E-state index in [9.17, 15) is 4.79 Å². The fourth-order valence-electron chi connectivity index (χ4n) is 5.21. The number of fused-ring (bicyclic) bond motifs is 1. The summed E-state index contributed by atoms with van der Waals surface area (Å²) in [5, 5.41) is 7.35. The Balaban J connectivity index is 1.23. The molecule has 1 amide bonds. The molecular weight excluding hydrogens is 454 g/mol. The van der Waals surface area contributed by atoms with Gasteiger partial charge in [-0.05, 0) is 96.3 Å². The van der Waals surface area contributed by atoms with Crippen molar-refractivity contribution in [3.63, 3.8) is 0 Å². The predicted octanol–water partition coefficient (Wildman–Crippen LogP) is 3.92. The van der Waals surface area contributed by atoms with E-state index in [1.54, 1.807) is 4.90 Å². The van der Waals surface area contributed by atoms with Crippen LogP contribution in [0.5, 0.6) is 5.75 Å². The number of rotatable bonds is 10. The number of benzene rings is 1. The first-order valence-corrected chi connectivity index (χ1v) is 13.7. The van der Waals surface area contributed by atoms with E-state index in [0.29, 0.717) is 25.9 Å². The maximum absolute atomic E-state index is 12.3. The Bertz CT molecular complexity index is 876. The van der Waals surface area contributed by atoms with Gasteiger partial charge >= 0.3 is 6.09 Å². The number of hydrogen-bond acceptors (Lipinski definition) is 7. The molecule has 1 aromatic carbocycles. The normalized spacial score (nSPS) is 22.6. The van der Waals surface area contributed by atoms with E-state index in [2.05, 4.69) is 38.8 Å². The van der Waals surface area contributed by atoms with Gasteiger partial charge in [-0.25, -0.2) is 4.79 Å². The second-order valence-electron chi connectivity index (χ2n) is 11.1. The first-order valence-electron chi connectivity index (χ1n) is 13.7. The van der Waals surface area contributed by atoms with E-state index in [-0.39, 0.29) is 12.3 Å². The van der Waals surface area contributed by atoms with Gasteiger partial charge in [-0.3, -0.25) is 10.2 Å². The maximum atomic E-state index is 12.3. The Morgan fingerprint density at radius 1 is 1.11 bits per heavy atom. The first-order chi connectivity index (χ1) is 17.3. The van der Waals surface area contributed by atoms with Crippen LogP contribution in [0.1, 0.15) is 65.1 Å². The number of hydrogen-bond donors (Lipinski definition) is 2. The number of nitrogens with one attached hydrogen (secondary N) is 2. The number of amides is 1. The molecule has 2 unspecified atom stereocenters. The molecule has 0 radical (unpaired) electrons. The van der Waals surface area contributed by atoms with Crippen molar-refractivity contribution in [2.24, 2.45) is 0 Å². The van der Waals surface area contributed by atoms with Gasteiger partial charge in [0.1, 0.15) is 24.1 Å². The van der Waals surface area contributed by atoms with Gasteiger partial charge in [0.2, 0.25) is 0 Å². The molecule has 0 aromatic heterocycles. The van der Waals surface area contributed by atoms with E-state index in [0.717, 1.165) is 25.3 Å². The van der Waals surface area contributed by atoms with Crippen LogP contribution >= 0.6 is 0 Å². The van der Waals surface area contributed by atoms with Crippen LogP contribution in [0.3, 0.4) is 0 Å². The third-order valence-electron chi connectivity index (χ3n) is 7.16. The average molecular weight is 500 g/mol. The summed E-state index contributed by atoms with van der Waals surface area (Å²) in [4.78, 5) is 19.2. The van der Waals surface area contributed by atoms with Crippen LogP contribution in [0.2, 0.25) is 0 Å². The highest BCUT2D eigenvalue weighted by Crippen LogP contribution is 2.28. The molecule has 0 saturated carbocycles. The SMILES string of the molecule is CCN(CCOc1ccc(C2NC=C3CCN(CCCN4CCCC4)C3N2)cc1)C(=O)OC(C)(C)C. The molecular formula is C28H45N5O3. The van der Waals surface area contributed by atoms with Gasteiger partial charge in [0.15, 0.2) is 0 Å². The van der Waals surface area contributed by atoms with Crippen LogP contribution in [0.15, 0.2) is 36.0 Å². The summed E-state index contributed by atoms with van der Waals surface area (Å²) in [7, 11) is 0. The van der Waals surface area contributed by atoms with Gasteiger partial charge in [0.05, 0.1) is 12.7 Å². The van der Waals surface area contributed by atoms with Crippen molar-refractivity contribution in [3.05, 3.63) is 41.6 Å². The molecule has 200 valence electrons. The van der Waals surface area contributed by atoms with Crippen molar-refractivity contribution in [1.29, 1.82) is 0 Å². The molecule has 0 spiro atoms. The standard InChI is InChI=1S/C28H45N5O3/c1-5-32(27(34)36-28(2,3)4)19-20-35-24-11-9-22(10-12-24)25-29-21-23-13-18-33(26(23)30-25)17-8-16-31-14-6-7-15-31/h9-12,21,25-26,29-30H,5-8,13-20H2,1-4H3. The number of likely N-dealkylation sites (N-methyl/N-ethyl adjacent to an activating group) is 1. The number of ether oxygens (including phenoxy) is 2. The van der Waals surface area contributed by atoms with Gasteiger partial charge in [-0.15, -0.1) is 0 Å². The average Bonchev–Trinajstić information content (AvgIpc) is 3.51.